The number of ether oxygens (including phenoxy) is 1. The summed E-state index contributed by atoms with van der Waals surface area (Å²) in [5, 5.41) is 7.39. The minimum atomic E-state index is -3.76. The number of nitrogens with zero attached hydrogens (tertiary/aromatic N) is 3. The van der Waals surface area contributed by atoms with Crippen LogP contribution in [-0.2, 0) is 26.6 Å². The number of methoxy groups -OCH3 is 1. The van der Waals surface area contributed by atoms with Crippen molar-refractivity contribution < 1.29 is 17.5 Å². The van der Waals surface area contributed by atoms with Gasteiger partial charge in [-0.05, 0) is 72.3 Å². The smallest absolute Gasteiger partial charge is 0.243 e. The van der Waals surface area contributed by atoms with Gasteiger partial charge in [-0.3, -0.25) is 10.00 Å². The van der Waals surface area contributed by atoms with Gasteiger partial charge in [0.1, 0.15) is 5.82 Å². The molecular formula is C31H39FN4O3S. The summed E-state index contributed by atoms with van der Waals surface area (Å²) in [5.41, 5.74) is 4.55. The zero-order valence-corrected chi connectivity index (χ0v) is 24.8. The van der Waals surface area contributed by atoms with E-state index < -0.39 is 15.4 Å². The van der Waals surface area contributed by atoms with E-state index in [1.807, 2.05) is 37.5 Å². The molecule has 9 heteroatoms. The van der Waals surface area contributed by atoms with Crippen LogP contribution in [-0.4, -0.2) is 68.2 Å². The lowest BCUT2D eigenvalue weighted by molar-refractivity contribution is 0.0533. The van der Waals surface area contributed by atoms with Gasteiger partial charge >= 0.3 is 0 Å². The minimum absolute atomic E-state index is 0.0727. The van der Waals surface area contributed by atoms with Gasteiger partial charge in [-0.15, -0.1) is 0 Å². The highest BCUT2D eigenvalue weighted by Crippen LogP contribution is 2.53. The number of likely N-dealkylation sites (N-methyl/N-ethyl adjacent to an activating group) is 1. The Morgan fingerprint density at radius 1 is 1.15 bits per heavy atom. The maximum atomic E-state index is 14.1. The van der Waals surface area contributed by atoms with Crippen LogP contribution in [0.25, 0.3) is 6.08 Å². The maximum absolute atomic E-state index is 14.1. The summed E-state index contributed by atoms with van der Waals surface area (Å²) in [5.74, 6) is -0.303. The Balaban J connectivity index is 1.60. The van der Waals surface area contributed by atoms with Crippen molar-refractivity contribution in [2.75, 3.05) is 40.4 Å². The van der Waals surface area contributed by atoms with E-state index in [0.717, 1.165) is 22.4 Å². The minimum Gasteiger partial charge on any atom is -0.383 e. The molecule has 0 radical (unpaired) electrons. The molecule has 3 aromatic rings. The number of fused-ring (bicyclic) bond motifs is 2. The van der Waals surface area contributed by atoms with Gasteiger partial charge in [0, 0.05) is 38.2 Å². The van der Waals surface area contributed by atoms with Gasteiger partial charge in [0.25, 0.3) is 0 Å². The van der Waals surface area contributed by atoms with Crippen LogP contribution in [0.3, 0.4) is 0 Å². The molecule has 1 saturated heterocycles. The summed E-state index contributed by atoms with van der Waals surface area (Å²) in [6, 6.07) is 13.7. The molecular weight excluding hydrogens is 527 g/mol. The second-order valence-corrected chi connectivity index (χ2v) is 14.0. The van der Waals surface area contributed by atoms with Crippen LogP contribution in [0.1, 0.15) is 55.6 Å². The number of sulfonamides is 1. The second-order valence-electron chi connectivity index (χ2n) is 12.1. The molecule has 2 heterocycles. The van der Waals surface area contributed by atoms with Gasteiger partial charge in [0.2, 0.25) is 10.0 Å². The largest absolute Gasteiger partial charge is 0.383 e. The van der Waals surface area contributed by atoms with Crippen molar-refractivity contribution >= 4 is 16.1 Å². The van der Waals surface area contributed by atoms with Crippen LogP contribution in [0.5, 0.6) is 0 Å². The van der Waals surface area contributed by atoms with E-state index in [0.29, 0.717) is 44.0 Å². The lowest BCUT2D eigenvalue weighted by Crippen LogP contribution is -2.55. The molecule has 2 aliphatic rings. The zero-order chi connectivity index (χ0) is 28.7. The molecule has 1 aromatic heterocycles. The van der Waals surface area contributed by atoms with Gasteiger partial charge in [0.15, 0.2) is 0 Å². The highest BCUT2D eigenvalue weighted by atomic mass is 32.2. The first kappa shape index (κ1) is 28.7. The van der Waals surface area contributed by atoms with Crippen molar-refractivity contribution in [2.45, 2.75) is 50.0 Å². The first-order valence-electron chi connectivity index (χ1n) is 13.7. The van der Waals surface area contributed by atoms with Crippen molar-refractivity contribution in [3.63, 3.8) is 0 Å². The standard InChI is InChI=1S/C31H39FN4O3S/c1-30(2,3)24-8-12-27(13-9-24)40(37,38)36-15-14-25-18-28-23(20-33-34-28)19-31(25,21-36)29(35(4)16-17-39-5)22-6-10-26(32)11-7-22/h6-13,18,20,29H,14-17,19,21H2,1-5H3,(H,33,34)/t29?,31-/m1/s1. The van der Waals surface area contributed by atoms with E-state index >= 15 is 0 Å². The quantitative estimate of drug-likeness (QED) is 0.406. The predicted molar refractivity (Wildman–Crippen MR) is 155 cm³/mol. The fourth-order valence-electron chi connectivity index (χ4n) is 6.32. The van der Waals surface area contributed by atoms with Gasteiger partial charge in [-0.1, -0.05) is 50.6 Å². The average Bonchev–Trinajstić information content (AvgIpc) is 3.37. The molecule has 1 N–H and O–H groups in total. The van der Waals surface area contributed by atoms with Crippen LogP contribution < -0.4 is 0 Å². The Hall–Kier alpha value is -2.85. The number of piperidine rings is 1. The van der Waals surface area contributed by atoms with Crippen LogP contribution in [0, 0.1) is 11.2 Å². The fraction of sp³-hybridized carbons (Fsp3) is 0.452. The van der Waals surface area contributed by atoms with Crippen LogP contribution >= 0.6 is 0 Å². The number of aromatic nitrogens is 2. The van der Waals surface area contributed by atoms with Crippen LogP contribution in [0.2, 0.25) is 0 Å². The molecule has 1 aliphatic carbocycles. The van der Waals surface area contributed by atoms with E-state index in [1.165, 1.54) is 17.7 Å². The zero-order valence-electron chi connectivity index (χ0n) is 23.9. The Bertz CT molecular complexity index is 1480. The average molecular weight is 567 g/mol. The summed E-state index contributed by atoms with van der Waals surface area (Å²) in [6.45, 7) is 8.17. The Morgan fingerprint density at radius 2 is 1.85 bits per heavy atom. The van der Waals surface area contributed by atoms with E-state index in [9.17, 15) is 12.8 Å². The number of benzene rings is 2. The predicted octanol–water partition coefficient (Wildman–Crippen LogP) is 5.19. The third kappa shape index (κ3) is 5.28. The molecule has 1 fully saturated rings. The monoisotopic (exact) mass is 566 g/mol. The third-order valence-electron chi connectivity index (χ3n) is 8.46. The number of hydrogen-bond acceptors (Lipinski definition) is 5. The number of halogens is 1. The topological polar surface area (TPSA) is 78.5 Å². The molecule has 214 valence electrons. The molecule has 7 nitrogen and oxygen atoms in total. The Morgan fingerprint density at radius 3 is 2.50 bits per heavy atom. The third-order valence-corrected chi connectivity index (χ3v) is 10.3. The van der Waals surface area contributed by atoms with E-state index in [1.54, 1.807) is 23.5 Å². The number of nitrogens with one attached hydrogen (secondary N) is 1. The highest BCUT2D eigenvalue weighted by Gasteiger charge is 2.51. The lowest BCUT2D eigenvalue weighted by atomic mass is 9.62. The van der Waals surface area contributed by atoms with E-state index in [2.05, 4.69) is 41.9 Å². The molecule has 5 rings (SSSR count). The fourth-order valence-corrected chi connectivity index (χ4v) is 7.83. The lowest BCUT2D eigenvalue weighted by Gasteiger charge is -2.52. The molecule has 2 atom stereocenters. The molecule has 0 saturated carbocycles. The van der Waals surface area contributed by atoms with E-state index in [4.69, 9.17) is 4.74 Å². The summed E-state index contributed by atoms with van der Waals surface area (Å²) in [4.78, 5) is 2.51. The molecule has 40 heavy (non-hydrogen) atoms. The van der Waals surface area contributed by atoms with Crippen molar-refractivity contribution in [1.82, 2.24) is 19.4 Å². The highest BCUT2D eigenvalue weighted by molar-refractivity contribution is 7.89. The molecule has 1 unspecified atom stereocenters. The van der Waals surface area contributed by atoms with Gasteiger partial charge in [0.05, 0.1) is 23.4 Å². The Labute approximate surface area is 237 Å². The van der Waals surface area contributed by atoms with Gasteiger partial charge < -0.3 is 4.74 Å². The van der Waals surface area contributed by atoms with Crippen LogP contribution in [0.4, 0.5) is 4.39 Å². The van der Waals surface area contributed by atoms with Gasteiger partial charge in [-0.25, -0.2) is 12.8 Å². The molecule has 0 bridgehead atoms. The first-order valence-corrected chi connectivity index (χ1v) is 15.2. The normalized spacial score (nSPS) is 20.6. The summed E-state index contributed by atoms with van der Waals surface area (Å²) in [7, 11) is -0.0626. The van der Waals surface area contributed by atoms with Crippen molar-refractivity contribution in [2.24, 2.45) is 5.41 Å². The maximum Gasteiger partial charge on any atom is 0.243 e. The summed E-state index contributed by atoms with van der Waals surface area (Å²) in [6.07, 6.45) is 5.18. The molecule has 1 aliphatic heterocycles. The molecule has 0 amide bonds. The van der Waals surface area contributed by atoms with Crippen molar-refractivity contribution in [1.29, 1.82) is 0 Å². The summed E-state index contributed by atoms with van der Waals surface area (Å²) < 4.78 is 49.3. The van der Waals surface area contributed by atoms with Crippen molar-refractivity contribution in [3.8, 4) is 0 Å². The first-order chi connectivity index (χ1) is 19.0. The Kier molecular flexibility index (Phi) is 7.78. The number of hydrogen-bond donors (Lipinski definition) is 1. The number of rotatable bonds is 8. The summed E-state index contributed by atoms with van der Waals surface area (Å²) >= 11 is 0. The number of H-pyrrole nitrogens is 1. The van der Waals surface area contributed by atoms with Gasteiger partial charge in [-0.2, -0.15) is 9.40 Å². The second kappa shape index (κ2) is 10.9. The molecule has 2 aromatic carbocycles. The number of aromatic amines is 1. The van der Waals surface area contributed by atoms with Crippen molar-refractivity contribution in [3.05, 3.63) is 88.5 Å². The molecule has 0 spiro atoms. The van der Waals surface area contributed by atoms with Crippen LogP contribution in [0.15, 0.2) is 65.2 Å². The van der Waals surface area contributed by atoms with E-state index in [-0.39, 0.29) is 17.3 Å². The SMILES string of the molecule is COCCN(C)C(c1ccc(F)cc1)[C@@]12Cc3cn[nH]c3C=C1CCN(S(=O)(=O)c1ccc(C(C)(C)C)cc1)C2.